The number of nitrogens with one attached hydrogen (secondary N) is 1. The number of nitrogen functional groups attached to an aromatic ring is 1. The Labute approximate surface area is 107 Å². The summed E-state index contributed by atoms with van der Waals surface area (Å²) in [6.45, 7) is 4.92. The molecule has 1 aromatic rings. The van der Waals surface area contributed by atoms with Gasteiger partial charge in [-0.25, -0.2) is 0 Å². The van der Waals surface area contributed by atoms with Crippen LogP contribution >= 0.6 is 0 Å². The highest BCUT2D eigenvalue weighted by molar-refractivity contribution is 5.95. The molecule has 1 amide bonds. The molecule has 1 atom stereocenters. The standard InChI is InChI=1S/C13H20N2O3/c1-4-18-8-9(2)15-13(16)10-5-11(14)7-12(6-10)17-3/h5-7,9H,4,8,14H2,1-3H3,(H,15,16). The molecule has 0 aromatic heterocycles. The summed E-state index contributed by atoms with van der Waals surface area (Å²) in [7, 11) is 1.54. The maximum Gasteiger partial charge on any atom is 0.251 e. The number of benzene rings is 1. The number of anilines is 1. The quantitative estimate of drug-likeness (QED) is 0.751. The first-order valence-corrected chi connectivity index (χ1v) is 5.90. The summed E-state index contributed by atoms with van der Waals surface area (Å²) in [5.41, 5.74) is 6.68. The minimum atomic E-state index is -0.187. The minimum Gasteiger partial charge on any atom is -0.497 e. The van der Waals surface area contributed by atoms with Gasteiger partial charge in [0.2, 0.25) is 0 Å². The van der Waals surface area contributed by atoms with E-state index in [-0.39, 0.29) is 11.9 Å². The van der Waals surface area contributed by atoms with Crippen LogP contribution in [-0.2, 0) is 4.74 Å². The van der Waals surface area contributed by atoms with E-state index in [1.807, 2.05) is 13.8 Å². The molecule has 0 aliphatic rings. The van der Waals surface area contributed by atoms with Gasteiger partial charge in [0.25, 0.3) is 5.91 Å². The molecule has 0 heterocycles. The van der Waals surface area contributed by atoms with E-state index in [4.69, 9.17) is 15.2 Å². The molecule has 0 aliphatic heterocycles. The fraction of sp³-hybridized carbons (Fsp3) is 0.462. The lowest BCUT2D eigenvalue weighted by atomic mass is 10.1. The number of rotatable bonds is 6. The second-order valence-electron chi connectivity index (χ2n) is 4.03. The highest BCUT2D eigenvalue weighted by atomic mass is 16.5. The van der Waals surface area contributed by atoms with Crippen LogP contribution in [0.2, 0.25) is 0 Å². The van der Waals surface area contributed by atoms with E-state index in [1.165, 1.54) is 7.11 Å². The molecule has 0 saturated carbocycles. The summed E-state index contributed by atoms with van der Waals surface area (Å²) in [6, 6.07) is 4.88. The van der Waals surface area contributed by atoms with E-state index in [2.05, 4.69) is 5.32 Å². The lowest BCUT2D eigenvalue weighted by Gasteiger charge is -2.14. The third-order valence-electron chi connectivity index (χ3n) is 2.38. The van der Waals surface area contributed by atoms with Gasteiger partial charge in [0.15, 0.2) is 0 Å². The molecule has 1 aromatic carbocycles. The second-order valence-corrected chi connectivity index (χ2v) is 4.03. The fourth-order valence-corrected chi connectivity index (χ4v) is 1.51. The predicted octanol–water partition coefficient (Wildman–Crippen LogP) is 1.43. The van der Waals surface area contributed by atoms with Crippen molar-refractivity contribution in [1.29, 1.82) is 0 Å². The third kappa shape index (κ3) is 4.25. The van der Waals surface area contributed by atoms with E-state index in [0.29, 0.717) is 30.2 Å². The Bertz CT molecular complexity index is 407. The van der Waals surface area contributed by atoms with Gasteiger partial charge in [-0.15, -0.1) is 0 Å². The van der Waals surface area contributed by atoms with Gasteiger partial charge >= 0.3 is 0 Å². The predicted molar refractivity (Wildman–Crippen MR) is 70.8 cm³/mol. The molecule has 18 heavy (non-hydrogen) atoms. The number of hydrogen-bond acceptors (Lipinski definition) is 4. The van der Waals surface area contributed by atoms with Crippen molar-refractivity contribution in [3.63, 3.8) is 0 Å². The molecule has 1 unspecified atom stereocenters. The zero-order valence-electron chi connectivity index (χ0n) is 11.0. The molecule has 0 aliphatic carbocycles. The molecule has 3 N–H and O–H groups in total. The van der Waals surface area contributed by atoms with E-state index in [0.717, 1.165) is 0 Å². The Balaban J connectivity index is 2.68. The van der Waals surface area contributed by atoms with Gasteiger partial charge in [0, 0.05) is 30.0 Å². The van der Waals surface area contributed by atoms with Crippen molar-refractivity contribution < 1.29 is 14.3 Å². The maximum atomic E-state index is 12.0. The number of methoxy groups -OCH3 is 1. The third-order valence-corrected chi connectivity index (χ3v) is 2.38. The van der Waals surface area contributed by atoms with Gasteiger partial charge in [-0.05, 0) is 26.0 Å². The van der Waals surface area contributed by atoms with E-state index in [9.17, 15) is 4.79 Å². The average molecular weight is 252 g/mol. The number of ether oxygens (including phenoxy) is 2. The molecule has 0 radical (unpaired) electrons. The van der Waals surface area contributed by atoms with Gasteiger partial charge in [-0.2, -0.15) is 0 Å². The first kappa shape index (κ1) is 14.3. The number of hydrogen-bond donors (Lipinski definition) is 2. The molecule has 1 rings (SSSR count). The zero-order valence-corrected chi connectivity index (χ0v) is 11.0. The number of carbonyl (C=O) groups is 1. The van der Waals surface area contributed by atoms with Crippen molar-refractivity contribution in [2.24, 2.45) is 0 Å². The van der Waals surface area contributed by atoms with Gasteiger partial charge in [-0.3, -0.25) is 4.79 Å². The minimum absolute atomic E-state index is 0.0510. The summed E-state index contributed by atoms with van der Waals surface area (Å²) in [4.78, 5) is 12.0. The van der Waals surface area contributed by atoms with Gasteiger partial charge in [0.05, 0.1) is 13.7 Å². The van der Waals surface area contributed by atoms with Crippen LogP contribution in [0, 0.1) is 0 Å². The van der Waals surface area contributed by atoms with E-state index < -0.39 is 0 Å². The van der Waals surface area contributed by atoms with Crippen molar-refractivity contribution in [2.75, 3.05) is 26.1 Å². The molecule has 0 spiro atoms. The molecular formula is C13H20N2O3. The first-order chi connectivity index (χ1) is 8.56. The number of nitrogens with two attached hydrogens (primary N) is 1. The van der Waals surface area contributed by atoms with E-state index >= 15 is 0 Å². The van der Waals surface area contributed by atoms with Crippen molar-refractivity contribution in [1.82, 2.24) is 5.32 Å². The van der Waals surface area contributed by atoms with Gasteiger partial charge in [-0.1, -0.05) is 0 Å². The SMILES string of the molecule is CCOCC(C)NC(=O)c1cc(N)cc(OC)c1. The first-order valence-electron chi connectivity index (χ1n) is 5.90. The highest BCUT2D eigenvalue weighted by Crippen LogP contribution is 2.18. The fourth-order valence-electron chi connectivity index (χ4n) is 1.51. The summed E-state index contributed by atoms with van der Waals surface area (Å²) >= 11 is 0. The van der Waals surface area contributed by atoms with Crippen LogP contribution in [0.3, 0.4) is 0 Å². The number of amides is 1. The Hall–Kier alpha value is -1.75. The molecule has 100 valence electrons. The van der Waals surface area contributed by atoms with Crippen LogP contribution in [0.25, 0.3) is 0 Å². The van der Waals surface area contributed by atoms with Crippen LogP contribution in [0.5, 0.6) is 5.75 Å². The number of carbonyl (C=O) groups excluding carboxylic acids is 1. The molecule has 0 bridgehead atoms. The normalized spacial score (nSPS) is 11.9. The lowest BCUT2D eigenvalue weighted by molar-refractivity contribution is 0.0871. The molecule has 0 saturated heterocycles. The van der Waals surface area contributed by atoms with Crippen LogP contribution in [0.15, 0.2) is 18.2 Å². The van der Waals surface area contributed by atoms with Crippen molar-refractivity contribution >= 4 is 11.6 Å². The Morgan fingerprint density at radius 2 is 2.17 bits per heavy atom. The summed E-state index contributed by atoms with van der Waals surface area (Å²) in [5, 5.41) is 2.83. The molecule has 5 heteroatoms. The average Bonchev–Trinajstić information content (AvgIpc) is 2.35. The Kier molecular flexibility index (Phi) is 5.45. The van der Waals surface area contributed by atoms with Gasteiger partial charge < -0.3 is 20.5 Å². The zero-order chi connectivity index (χ0) is 13.5. The van der Waals surface area contributed by atoms with E-state index in [1.54, 1.807) is 18.2 Å². The van der Waals surface area contributed by atoms with Crippen LogP contribution in [0.1, 0.15) is 24.2 Å². The topological polar surface area (TPSA) is 73.6 Å². The van der Waals surface area contributed by atoms with Crippen LogP contribution in [0.4, 0.5) is 5.69 Å². The van der Waals surface area contributed by atoms with Crippen molar-refractivity contribution in [3.8, 4) is 5.75 Å². The molecule has 5 nitrogen and oxygen atoms in total. The largest absolute Gasteiger partial charge is 0.497 e. The second kappa shape index (κ2) is 6.86. The smallest absolute Gasteiger partial charge is 0.251 e. The van der Waals surface area contributed by atoms with Crippen LogP contribution in [-0.4, -0.2) is 32.3 Å². The highest BCUT2D eigenvalue weighted by Gasteiger charge is 2.11. The summed E-state index contributed by atoms with van der Waals surface area (Å²) in [5.74, 6) is 0.380. The lowest BCUT2D eigenvalue weighted by Crippen LogP contribution is -2.35. The molecular weight excluding hydrogens is 232 g/mol. The maximum absolute atomic E-state index is 12.0. The Morgan fingerprint density at radius 1 is 1.44 bits per heavy atom. The summed E-state index contributed by atoms with van der Waals surface area (Å²) in [6.07, 6.45) is 0. The van der Waals surface area contributed by atoms with Crippen molar-refractivity contribution in [3.05, 3.63) is 23.8 Å². The van der Waals surface area contributed by atoms with Gasteiger partial charge in [0.1, 0.15) is 5.75 Å². The van der Waals surface area contributed by atoms with Crippen LogP contribution < -0.4 is 15.8 Å². The molecule has 0 fully saturated rings. The monoisotopic (exact) mass is 252 g/mol. The summed E-state index contributed by atoms with van der Waals surface area (Å²) < 4.78 is 10.3. The Morgan fingerprint density at radius 3 is 2.78 bits per heavy atom. The van der Waals surface area contributed by atoms with Crippen molar-refractivity contribution in [2.45, 2.75) is 19.9 Å².